The van der Waals surface area contributed by atoms with Crippen molar-refractivity contribution in [2.75, 3.05) is 19.8 Å². The van der Waals surface area contributed by atoms with E-state index in [0.29, 0.717) is 28.0 Å². The van der Waals surface area contributed by atoms with Gasteiger partial charge in [-0.05, 0) is 56.7 Å². The summed E-state index contributed by atoms with van der Waals surface area (Å²) < 4.78 is 26.4. The molecule has 0 aliphatic carbocycles. The van der Waals surface area contributed by atoms with E-state index in [9.17, 15) is 18.8 Å². The van der Waals surface area contributed by atoms with Crippen molar-refractivity contribution in [2.45, 2.75) is 44.4 Å². The molecule has 1 saturated heterocycles. The lowest BCUT2D eigenvalue weighted by Gasteiger charge is -2.31. The van der Waals surface area contributed by atoms with Crippen molar-refractivity contribution in [1.82, 2.24) is 19.4 Å². The monoisotopic (exact) mass is 604 g/mol. The van der Waals surface area contributed by atoms with Gasteiger partial charge in [0.25, 0.3) is 0 Å². The zero-order chi connectivity index (χ0) is 30.9. The number of thioether (sulfide) groups is 1. The van der Waals surface area contributed by atoms with Gasteiger partial charge in [0, 0.05) is 61.0 Å². The number of nitrogens with zero attached hydrogens (tertiary/aromatic N) is 4. The maximum atomic E-state index is 14.3. The molecule has 224 valence electrons. The quantitative estimate of drug-likeness (QED) is 0.231. The molecule has 9 nitrogen and oxygen atoms in total. The second-order valence-corrected chi connectivity index (χ2v) is 12.5. The summed E-state index contributed by atoms with van der Waals surface area (Å²) in [7, 11) is 3.25. The molecule has 43 heavy (non-hydrogen) atoms. The highest BCUT2D eigenvalue weighted by Gasteiger charge is 2.45. The Bertz CT molecular complexity index is 1650. The summed E-state index contributed by atoms with van der Waals surface area (Å²) in [6.07, 6.45) is 4.25. The average Bonchev–Trinajstić information content (AvgIpc) is 3.58. The Hall–Kier alpha value is -4.38. The molecule has 2 aromatic carbocycles. The summed E-state index contributed by atoms with van der Waals surface area (Å²) in [6, 6.07) is 13.6. The summed E-state index contributed by atoms with van der Waals surface area (Å²) in [5.74, 6) is 0.176. The maximum Gasteiger partial charge on any atom is 0.412 e. The van der Waals surface area contributed by atoms with Crippen LogP contribution in [0, 0.1) is 5.82 Å². The molecule has 1 unspecified atom stereocenters. The lowest BCUT2D eigenvalue weighted by atomic mass is 10.0. The minimum Gasteiger partial charge on any atom is -0.489 e. The van der Waals surface area contributed by atoms with E-state index < -0.39 is 23.1 Å². The highest BCUT2D eigenvalue weighted by molar-refractivity contribution is 7.99. The Morgan fingerprint density at radius 3 is 2.49 bits per heavy atom. The molecule has 11 heteroatoms. The molecule has 1 aliphatic rings. The van der Waals surface area contributed by atoms with Crippen LogP contribution in [0.1, 0.15) is 47.6 Å². The van der Waals surface area contributed by atoms with Crippen LogP contribution in [-0.4, -0.2) is 68.7 Å². The Morgan fingerprint density at radius 1 is 1.09 bits per heavy atom. The van der Waals surface area contributed by atoms with Crippen LogP contribution < -0.4 is 4.74 Å². The van der Waals surface area contributed by atoms with E-state index in [-0.39, 0.29) is 24.2 Å². The number of carbonyl (C=O) groups is 3. The van der Waals surface area contributed by atoms with E-state index in [4.69, 9.17) is 9.47 Å². The van der Waals surface area contributed by atoms with Crippen LogP contribution in [0.15, 0.2) is 73.2 Å². The zero-order valence-electron chi connectivity index (χ0n) is 24.6. The third-order valence-electron chi connectivity index (χ3n) is 6.83. The Balaban J connectivity index is 1.51. The standard InChI is InChI=1S/C32H33FN4O5S/c1-32(2,3)42-31(40)37-27(19-43-29(37)21-7-6-14-34-16-21)28(38)25-17-36(30(39)35(4)5)26-15-23(12-13-24(25)26)41-18-20-8-10-22(33)11-9-20/h6-17,27,29H,18-19H2,1-5H3/t27-,29?/m0/s1. The number of hydrogen-bond acceptors (Lipinski definition) is 7. The predicted molar refractivity (Wildman–Crippen MR) is 163 cm³/mol. The van der Waals surface area contributed by atoms with E-state index in [2.05, 4.69) is 4.98 Å². The minimum atomic E-state index is -0.840. The van der Waals surface area contributed by atoms with Crippen molar-refractivity contribution in [3.8, 4) is 5.75 Å². The molecule has 0 saturated carbocycles. The van der Waals surface area contributed by atoms with Crippen LogP contribution in [0.3, 0.4) is 0 Å². The molecule has 0 spiro atoms. The largest absolute Gasteiger partial charge is 0.489 e. The molecule has 0 bridgehead atoms. The molecule has 1 fully saturated rings. The molecule has 5 rings (SSSR count). The number of Topliss-reactive ketones (excluding diaryl/α,β-unsaturated/α-hetero) is 1. The topological polar surface area (TPSA) is 94.0 Å². The summed E-state index contributed by atoms with van der Waals surface area (Å²) in [6.45, 7) is 5.53. The number of aromatic nitrogens is 2. The van der Waals surface area contributed by atoms with Crippen LogP contribution in [0.25, 0.3) is 10.9 Å². The van der Waals surface area contributed by atoms with Gasteiger partial charge in [-0.1, -0.05) is 18.2 Å². The highest BCUT2D eigenvalue weighted by Crippen LogP contribution is 2.43. The molecule has 2 aromatic heterocycles. The number of halogens is 1. The van der Waals surface area contributed by atoms with Crippen molar-refractivity contribution >= 4 is 40.6 Å². The van der Waals surface area contributed by atoms with Crippen molar-refractivity contribution in [1.29, 1.82) is 0 Å². The van der Waals surface area contributed by atoms with E-state index in [0.717, 1.165) is 11.1 Å². The van der Waals surface area contributed by atoms with Crippen molar-refractivity contribution in [3.63, 3.8) is 0 Å². The molecule has 0 radical (unpaired) electrons. The number of ketones is 1. The van der Waals surface area contributed by atoms with Gasteiger partial charge in [0.05, 0.1) is 5.52 Å². The van der Waals surface area contributed by atoms with Gasteiger partial charge in [-0.2, -0.15) is 0 Å². The summed E-state index contributed by atoms with van der Waals surface area (Å²) in [5, 5.41) is 0.0778. The zero-order valence-corrected chi connectivity index (χ0v) is 25.4. The van der Waals surface area contributed by atoms with Gasteiger partial charge in [0.15, 0.2) is 5.78 Å². The third kappa shape index (κ3) is 6.51. The van der Waals surface area contributed by atoms with Crippen LogP contribution >= 0.6 is 11.8 Å². The second-order valence-electron chi connectivity index (χ2n) is 11.4. The molecule has 1 aliphatic heterocycles. The number of carbonyl (C=O) groups excluding carboxylic acids is 3. The van der Waals surface area contributed by atoms with Gasteiger partial charge in [0.1, 0.15) is 35.2 Å². The number of hydrogen-bond donors (Lipinski definition) is 0. The fraction of sp³-hybridized carbons (Fsp3) is 0.312. The van der Waals surface area contributed by atoms with Crippen molar-refractivity contribution in [3.05, 3.63) is 95.7 Å². The van der Waals surface area contributed by atoms with Gasteiger partial charge in [0.2, 0.25) is 0 Å². The molecule has 2 atom stereocenters. The number of rotatable bonds is 6. The van der Waals surface area contributed by atoms with E-state index in [1.807, 2.05) is 6.07 Å². The smallest absolute Gasteiger partial charge is 0.412 e. The molecular formula is C32H33FN4O5S. The first kappa shape index (κ1) is 30.1. The second kappa shape index (κ2) is 12.1. The Labute approximate surface area is 253 Å². The van der Waals surface area contributed by atoms with Crippen LogP contribution in [-0.2, 0) is 11.3 Å². The predicted octanol–water partition coefficient (Wildman–Crippen LogP) is 6.52. The first-order valence-corrected chi connectivity index (χ1v) is 14.8. The lowest BCUT2D eigenvalue weighted by Crippen LogP contribution is -2.45. The lowest BCUT2D eigenvalue weighted by molar-refractivity contribution is 0.0172. The fourth-order valence-electron chi connectivity index (χ4n) is 4.82. The average molecular weight is 605 g/mol. The van der Waals surface area contributed by atoms with Gasteiger partial charge in [-0.3, -0.25) is 19.2 Å². The Morgan fingerprint density at radius 2 is 1.84 bits per heavy atom. The third-order valence-corrected chi connectivity index (χ3v) is 8.15. The van der Waals surface area contributed by atoms with E-state index in [1.165, 1.54) is 44.5 Å². The Kier molecular flexibility index (Phi) is 8.45. The summed E-state index contributed by atoms with van der Waals surface area (Å²) in [5.41, 5.74) is 1.58. The molecule has 3 heterocycles. The molecule has 0 N–H and O–H groups in total. The minimum absolute atomic E-state index is 0.194. The van der Waals surface area contributed by atoms with Crippen LogP contribution in [0.5, 0.6) is 5.75 Å². The molecule has 2 amide bonds. The maximum absolute atomic E-state index is 14.3. The molecular weight excluding hydrogens is 571 g/mol. The van der Waals surface area contributed by atoms with E-state index >= 15 is 0 Å². The first-order valence-electron chi connectivity index (χ1n) is 13.7. The fourth-order valence-corrected chi connectivity index (χ4v) is 6.22. The highest BCUT2D eigenvalue weighted by atomic mass is 32.2. The van der Waals surface area contributed by atoms with Crippen molar-refractivity contribution < 1.29 is 28.2 Å². The number of benzene rings is 2. The van der Waals surface area contributed by atoms with Crippen LogP contribution in [0.4, 0.5) is 14.0 Å². The first-order chi connectivity index (χ1) is 20.4. The van der Waals surface area contributed by atoms with Crippen molar-refractivity contribution in [2.24, 2.45) is 0 Å². The number of amides is 2. The van der Waals surface area contributed by atoms with Gasteiger partial charge < -0.3 is 14.4 Å². The number of ether oxygens (including phenoxy) is 2. The van der Waals surface area contributed by atoms with E-state index in [1.54, 1.807) is 83.7 Å². The summed E-state index contributed by atoms with van der Waals surface area (Å²) in [4.78, 5) is 48.1. The van der Waals surface area contributed by atoms with Crippen LogP contribution in [0.2, 0.25) is 0 Å². The SMILES string of the molecule is CN(C)C(=O)n1cc(C(=O)[C@@H]2CSC(c3cccnc3)N2C(=O)OC(C)(C)C)c2ccc(OCc3ccc(F)cc3)cc21. The molecule has 4 aromatic rings. The van der Waals surface area contributed by atoms with Gasteiger partial charge in [-0.15, -0.1) is 11.8 Å². The van der Waals surface area contributed by atoms with Gasteiger partial charge in [-0.25, -0.2) is 14.0 Å². The number of fused-ring (bicyclic) bond motifs is 1. The normalized spacial score (nSPS) is 16.7. The summed E-state index contributed by atoms with van der Waals surface area (Å²) >= 11 is 1.46. The number of pyridine rings is 1. The van der Waals surface area contributed by atoms with Gasteiger partial charge >= 0.3 is 12.1 Å².